The number of amides is 1. The van der Waals surface area contributed by atoms with E-state index in [1.807, 2.05) is 78.6 Å². The Labute approximate surface area is 211 Å². The number of ether oxygens (including phenoxy) is 2. The Hall–Kier alpha value is -4.06. The molecule has 1 atom stereocenters. The second-order valence-corrected chi connectivity index (χ2v) is 8.87. The SMILES string of the molecule is C=CCc1ccccc1OCCn1c(C2CC(=O)N(c3ccccc3OCC)C2)nc2ccccc21. The van der Waals surface area contributed by atoms with Crippen molar-refractivity contribution in [2.24, 2.45) is 0 Å². The zero-order valence-electron chi connectivity index (χ0n) is 20.6. The average molecular weight is 482 g/mol. The highest BCUT2D eigenvalue weighted by atomic mass is 16.5. The van der Waals surface area contributed by atoms with Crippen molar-refractivity contribution < 1.29 is 14.3 Å². The molecule has 2 heterocycles. The van der Waals surface area contributed by atoms with Crippen LogP contribution in [0.1, 0.15) is 30.7 Å². The third-order valence-electron chi connectivity index (χ3n) is 6.54. The van der Waals surface area contributed by atoms with E-state index in [4.69, 9.17) is 14.5 Å². The van der Waals surface area contributed by atoms with Crippen molar-refractivity contribution in [1.82, 2.24) is 9.55 Å². The molecule has 0 radical (unpaired) electrons. The van der Waals surface area contributed by atoms with Crippen LogP contribution in [0, 0.1) is 0 Å². The number of imidazole rings is 1. The molecule has 1 fully saturated rings. The number of carbonyl (C=O) groups is 1. The molecule has 5 rings (SSSR count). The number of allylic oxidation sites excluding steroid dienone is 1. The highest BCUT2D eigenvalue weighted by Crippen LogP contribution is 2.37. The van der Waals surface area contributed by atoms with E-state index in [1.165, 1.54) is 0 Å². The number of nitrogens with zero attached hydrogens (tertiary/aromatic N) is 3. The molecule has 0 aliphatic carbocycles. The Morgan fingerprint density at radius 1 is 1.00 bits per heavy atom. The van der Waals surface area contributed by atoms with E-state index in [2.05, 4.69) is 23.3 Å². The molecule has 1 unspecified atom stereocenters. The van der Waals surface area contributed by atoms with Gasteiger partial charge in [0.25, 0.3) is 0 Å². The average Bonchev–Trinajstić information content (AvgIpc) is 3.46. The van der Waals surface area contributed by atoms with Crippen molar-refractivity contribution >= 4 is 22.6 Å². The summed E-state index contributed by atoms with van der Waals surface area (Å²) in [6.45, 7) is 8.05. The standard InChI is InChI=1S/C30H31N3O3/c1-3-11-22-12-5-9-16-27(22)36-19-18-32-25-14-7-6-13-24(25)31-30(32)23-20-29(34)33(21-23)26-15-8-10-17-28(26)35-4-2/h3,5-10,12-17,23H,1,4,11,18-21H2,2H3. The molecule has 1 aromatic heterocycles. The summed E-state index contributed by atoms with van der Waals surface area (Å²) in [6, 6.07) is 23.9. The Balaban J connectivity index is 1.40. The Bertz CT molecular complexity index is 1380. The monoisotopic (exact) mass is 481 g/mol. The minimum atomic E-state index is -0.0207. The van der Waals surface area contributed by atoms with Gasteiger partial charge in [-0.1, -0.05) is 48.5 Å². The fraction of sp³-hybridized carbons (Fsp3) is 0.267. The van der Waals surface area contributed by atoms with Crippen LogP contribution in [0.2, 0.25) is 0 Å². The normalized spacial score (nSPS) is 15.4. The van der Waals surface area contributed by atoms with Crippen LogP contribution >= 0.6 is 0 Å². The summed E-state index contributed by atoms with van der Waals surface area (Å²) in [7, 11) is 0. The lowest BCUT2D eigenvalue weighted by Crippen LogP contribution is -2.25. The maximum absolute atomic E-state index is 13.1. The van der Waals surface area contributed by atoms with Gasteiger partial charge in [0.15, 0.2) is 0 Å². The lowest BCUT2D eigenvalue weighted by molar-refractivity contribution is -0.117. The van der Waals surface area contributed by atoms with E-state index < -0.39 is 0 Å². The first kappa shape index (κ1) is 23.7. The summed E-state index contributed by atoms with van der Waals surface area (Å²) in [6.07, 6.45) is 3.06. The molecule has 6 heteroatoms. The van der Waals surface area contributed by atoms with Gasteiger partial charge in [0.2, 0.25) is 5.91 Å². The highest BCUT2D eigenvalue weighted by Gasteiger charge is 2.36. The number of fused-ring (bicyclic) bond motifs is 1. The zero-order valence-corrected chi connectivity index (χ0v) is 20.6. The van der Waals surface area contributed by atoms with Gasteiger partial charge in [-0.3, -0.25) is 4.79 Å². The number of rotatable bonds is 10. The number of hydrogen-bond donors (Lipinski definition) is 0. The van der Waals surface area contributed by atoms with Gasteiger partial charge in [-0.25, -0.2) is 4.98 Å². The van der Waals surface area contributed by atoms with Crippen LogP contribution < -0.4 is 14.4 Å². The van der Waals surface area contributed by atoms with Crippen LogP contribution in [0.15, 0.2) is 85.5 Å². The maximum Gasteiger partial charge on any atom is 0.227 e. The summed E-state index contributed by atoms with van der Waals surface area (Å²) >= 11 is 0. The molecule has 0 spiro atoms. The highest BCUT2D eigenvalue weighted by molar-refractivity contribution is 5.97. The van der Waals surface area contributed by atoms with Gasteiger partial charge in [0.05, 0.1) is 29.9 Å². The summed E-state index contributed by atoms with van der Waals surface area (Å²) in [5, 5.41) is 0. The Morgan fingerprint density at radius 3 is 2.58 bits per heavy atom. The number of carbonyl (C=O) groups excluding carboxylic acids is 1. The predicted octanol–water partition coefficient (Wildman–Crippen LogP) is 5.76. The number of para-hydroxylation sites is 5. The second kappa shape index (κ2) is 10.7. The first-order valence-electron chi connectivity index (χ1n) is 12.5. The first-order chi connectivity index (χ1) is 17.7. The van der Waals surface area contributed by atoms with E-state index in [-0.39, 0.29) is 11.8 Å². The van der Waals surface area contributed by atoms with E-state index in [0.29, 0.717) is 32.7 Å². The third kappa shape index (κ3) is 4.71. The van der Waals surface area contributed by atoms with Crippen molar-refractivity contribution in [2.75, 3.05) is 24.7 Å². The smallest absolute Gasteiger partial charge is 0.227 e. The van der Waals surface area contributed by atoms with E-state index in [1.54, 1.807) is 0 Å². The third-order valence-corrected chi connectivity index (χ3v) is 6.54. The summed E-state index contributed by atoms with van der Waals surface area (Å²) in [5.74, 6) is 2.59. The van der Waals surface area contributed by atoms with E-state index >= 15 is 0 Å². The van der Waals surface area contributed by atoms with E-state index in [9.17, 15) is 4.79 Å². The molecule has 4 aromatic rings. The van der Waals surface area contributed by atoms with Crippen molar-refractivity contribution in [1.29, 1.82) is 0 Å². The van der Waals surface area contributed by atoms with Gasteiger partial charge in [-0.2, -0.15) is 0 Å². The summed E-state index contributed by atoms with van der Waals surface area (Å²) in [5.41, 5.74) is 3.92. The predicted molar refractivity (Wildman–Crippen MR) is 143 cm³/mol. The van der Waals surface area contributed by atoms with Gasteiger partial charge in [-0.15, -0.1) is 6.58 Å². The summed E-state index contributed by atoms with van der Waals surface area (Å²) < 4.78 is 14.2. The minimum Gasteiger partial charge on any atom is -0.492 e. The van der Waals surface area contributed by atoms with Crippen molar-refractivity contribution in [2.45, 2.75) is 32.2 Å². The molecular weight excluding hydrogens is 450 g/mol. The van der Waals surface area contributed by atoms with Crippen LogP contribution in [0.25, 0.3) is 11.0 Å². The van der Waals surface area contributed by atoms with Crippen molar-refractivity contribution in [3.8, 4) is 11.5 Å². The molecule has 1 aliphatic heterocycles. The van der Waals surface area contributed by atoms with Crippen molar-refractivity contribution in [3.63, 3.8) is 0 Å². The van der Waals surface area contributed by atoms with Crippen LogP contribution in [-0.4, -0.2) is 35.2 Å². The van der Waals surface area contributed by atoms with Gasteiger partial charge in [0, 0.05) is 18.9 Å². The second-order valence-electron chi connectivity index (χ2n) is 8.87. The topological polar surface area (TPSA) is 56.6 Å². The number of anilines is 1. The molecule has 6 nitrogen and oxygen atoms in total. The Kier molecular flexibility index (Phi) is 7.03. The molecule has 0 saturated carbocycles. The van der Waals surface area contributed by atoms with Crippen LogP contribution in [0.4, 0.5) is 5.69 Å². The van der Waals surface area contributed by atoms with Gasteiger partial charge in [-0.05, 0) is 49.2 Å². The fourth-order valence-electron chi connectivity index (χ4n) is 4.93. The molecule has 1 aliphatic rings. The maximum atomic E-state index is 13.1. The fourth-order valence-corrected chi connectivity index (χ4v) is 4.93. The molecule has 0 N–H and O–H groups in total. The molecule has 184 valence electrons. The molecular formula is C30H31N3O3. The molecule has 36 heavy (non-hydrogen) atoms. The van der Waals surface area contributed by atoms with Gasteiger partial charge in [0.1, 0.15) is 23.9 Å². The van der Waals surface area contributed by atoms with Gasteiger partial charge < -0.3 is 18.9 Å². The van der Waals surface area contributed by atoms with E-state index in [0.717, 1.165) is 46.0 Å². The number of benzene rings is 3. The van der Waals surface area contributed by atoms with Crippen molar-refractivity contribution in [3.05, 3.63) is 96.8 Å². The number of aromatic nitrogens is 2. The molecule has 3 aromatic carbocycles. The van der Waals surface area contributed by atoms with Crippen LogP contribution in [-0.2, 0) is 17.8 Å². The summed E-state index contributed by atoms with van der Waals surface area (Å²) in [4.78, 5) is 19.9. The molecule has 0 bridgehead atoms. The lowest BCUT2D eigenvalue weighted by atomic mass is 10.1. The first-order valence-corrected chi connectivity index (χ1v) is 12.5. The zero-order chi connectivity index (χ0) is 24.9. The largest absolute Gasteiger partial charge is 0.492 e. The number of hydrogen-bond acceptors (Lipinski definition) is 4. The quantitative estimate of drug-likeness (QED) is 0.270. The molecule has 1 saturated heterocycles. The van der Waals surface area contributed by atoms with Gasteiger partial charge >= 0.3 is 0 Å². The Morgan fingerprint density at radius 2 is 1.75 bits per heavy atom. The lowest BCUT2D eigenvalue weighted by Gasteiger charge is -2.20. The van der Waals surface area contributed by atoms with Crippen LogP contribution in [0.3, 0.4) is 0 Å². The minimum absolute atomic E-state index is 0.0207. The molecule has 1 amide bonds. The van der Waals surface area contributed by atoms with Crippen LogP contribution in [0.5, 0.6) is 11.5 Å².